The van der Waals surface area contributed by atoms with Crippen molar-refractivity contribution < 1.29 is 9.84 Å². The first kappa shape index (κ1) is 25.1. The summed E-state index contributed by atoms with van der Waals surface area (Å²) in [5.74, 6) is 0.897. The average molecular weight is 490 g/mol. The second kappa shape index (κ2) is 14.2. The summed E-state index contributed by atoms with van der Waals surface area (Å²) in [4.78, 5) is 0. The van der Waals surface area contributed by atoms with Gasteiger partial charge in [0, 0.05) is 19.1 Å². The van der Waals surface area contributed by atoms with Crippen molar-refractivity contribution >= 4 is 34.0 Å². The van der Waals surface area contributed by atoms with Gasteiger partial charge < -0.3 is 20.5 Å². The summed E-state index contributed by atoms with van der Waals surface area (Å²) < 4.78 is 5.62. The van der Waals surface area contributed by atoms with E-state index in [1.807, 2.05) is 49.5 Å². The minimum atomic E-state index is -0.475. The minimum absolute atomic E-state index is 0. The van der Waals surface area contributed by atoms with Gasteiger partial charge in [-0.2, -0.15) is 0 Å². The first-order valence-corrected chi connectivity index (χ1v) is 8.51. The smallest absolute Gasteiger partial charge is 0.119 e. The third-order valence-corrected chi connectivity index (χ3v) is 3.93. The summed E-state index contributed by atoms with van der Waals surface area (Å²) in [7, 11) is 1.91. The molecule has 2 aromatic carbocycles. The largest absolute Gasteiger partial charge is 0.492 e. The SMILES string of the molecule is Br.Br.CNCCOc1ccc(CC(C)NCC(O)c2ccccc2)cc1. The molecule has 0 saturated heterocycles. The van der Waals surface area contributed by atoms with Crippen molar-refractivity contribution in [3.63, 3.8) is 0 Å². The first-order valence-electron chi connectivity index (χ1n) is 8.51. The molecule has 3 N–H and O–H groups in total. The van der Waals surface area contributed by atoms with Crippen LogP contribution in [0.2, 0.25) is 0 Å². The van der Waals surface area contributed by atoms with Crippen LogP contribution in [-0.4, -0.2) is 37.9 Å². The Bertz CT molecular complexity index is 582. The maximum absolute atomic E-state index is 10.2. The zero-order valence-corrected chi connectivity index (χ0v) is 18.8. The molecule has 0 saturated carbocycles. The van der Waals surface area contributed by atoms with Crippen LogP contribution in [0.3, 0.4) is 0 Å². The Labute approximate surface area is 177 Å². The predicted octanol–water partition coefficient (Wildman–Crippen LogP) is 3.69. The van der Waals surface area contributed by atoms with Crippen LogP contribution in [0, 0.1) is 0 Å². The number of nitrogens with one attached hydrogen (secondary N) is 2. The predicted molar refractivity (Wildman–Crippen MR) is 119 cm³/mol. The molecule has 0 aromatic heterocycles. The molecule has 2 unspecified atom stereocenters. The molecule has 0 radical (unpaired) electrons. The maximum Gasteiger partial charge on any atom is 0.119 e. The number of rotatable bonds is 10. The van der Waals surface area contributed by atoms with Crippen molar-refractivity contribution in [1.82, 2.24) is 10.6 Å². The third-order valence-electron chi connectivity index (χ3n) is 3.93. The van der Waals surface area contributed by atoms with Crippen LogP contribution in [0.1, 0.15) is 24.2 Å². The van der Waals surface area contributed by atoms with E-state index < -0.39 is 6.10 Å². The molecule has 0 amide bonds. The van der Waals surface area contributed by atoms with Crippen molar-refractivity contribution in [3.05, 3.63) is 65.7 Å². The van der Waals surface area contributed by atoms with Crippen LogP contribution in [-0.2, 0) is 6.42 Å². The number of hydrogen-bond acceptors (Lipinski definition) is 4. The fourth-order valence-corrected chi connectivity index (χ4v) is 2.52. The topological polar surface area (TPSA) is 53.5 Å². The molecule has 0 aliphatic rings. The second-order valence-electron chi connectivity index (χ2n) is 6.04. The molecule has 0 spiro atoms. The van der Waals surface area contributed by atoms with E-state index in [4.69, 9.17) is 4.74 Å². The van der Waals surface area contributed by atoms with Gasteiger partial charge in [0.2, 0.25) is 0 Å². The maximum atomic E-state index is 10.2. The molecule has 0 fully saturated rings. The van der Waals surface area contributed by atoms with E-state index in [2.05, 4.69) is 29.7 Å². The molecule has 4 nitrogen and oxygen atoms in total. The highest BCUT2D eigenvalue weighted by Gasteiger charge is 2.09. The van der Waals surface area contributed by atoms with E-state index in [1.54, 1.807) is 0 Å². The number of likely N-dealkylation sites (N-methyl/N-ethyl adjacent to an activating group) is 1. The molecule has 0 bridgehead atoms. The fourth-order valence-electron chi connectivity index (χ4n) is 2.52. The molecule has 2 aromatic rings. The summed E-state index contributed by atoms with van der Waals surface area (Å²) >= 11 is 0. The summed E-state index contributed by atoms with van der Waals surface area (Å²) in [6.07, 6.45) is 0.440. The highest BCUT2D eigenvalue weighted by atomic mass is 79.9. The summed E-state index contributed by atoms with van der Waals surface area (Å²) in [5, 5.41) is 16.6. The first-order chi connectivity index (χ1) is 11.7. The van der Waals surface area contributed by atoms with Gasteiger partial charge in [-0.3, -0.25) is 0 Å². The Balaban J connectivity index is 0.00000312. The molecule has 2 atom stereocenters. The van der Waals surface area contributed by atoms with Crippen molar-refractivity contribution in [2.45, 2.75) is 25.5 Å². The van der Waals surface area contributed by atoms with Crippen LogP contribution in [0.25, 0.3) is 0 Å². The number of benzene rings is 2. The normalized spacial score (nSPS) is 12.4. The van der Waals surface area contributed by atoms with Gasteiger partial charge in [-0.05, 0) is 43.7 Å². The molecular weight excluding hydrogens is 460 g/mol. The number of ether oxygens (including phenoxy) is 1. The Morgan fingerprint density at radius 2 is 1.65 bits per heavy atom. The highest BCUT2D eigenvalue weighted by Crippen LogP contribution is 2.14. The van der Waals surface area contributed by atoms with Gasteiger partial charge in [0.25, 0.3) is 0 Å². The third kappa shape index (κ3) is 9.14. The van der Waals surface area contributed by atoms with Gasteiger partial charge in [0.05, 0.1) is 6.10 Å². The zero-order chi connectivity index (χ0) is 17.2. The number of halogens is 2. The fraction of sp³-hybridized carbons (Fsp3) is 0.400. The molecule has 0 aliphatic carbocycles. The van der Waals surface area contributed by atoms with E-state index in [-0.39, 0.29) is 34.0 Å². The van der Waals surface area contributed by atoms with Gasteiger partial charge in [-0.1, -0.05) is 42.5 Å². The Morgan fingerprint density at radius 1 is 1.00 bits per heavy atom. The summed E-state index contributed by atoms with van der Waals surface area (Å²) in [5.41, 5.74) is 2.20. The van der Waals surface area contributed by atoms with Crippen LogP contribution in [0.5, 0.6) is 5.75 Å². The van der Waals surface area contributed by atoms with Crippen molar-refractivity contribution in [3.8, 4) is 5.75 Å². The lowest BCUT2D eigenvalue weighted by Crippen LogP contribution is -2.32. The monoisotopic (exact) mass is 488 g/mol. The van der Waals surface area contributed by atoms with Gasteiger partial charge in [-0.15, -0.1) is 34.0 Å². The molecule has 0 heterocycles. The molecule has 26 heavy (non-hydrogen) atoms. The Hall–Kier alpha value is -0.920. The van der Waals surface area contributed by atoms with Gasteiger partial charge in [0.1, 0.15) is 12.4 Å². The lowest BCUT2D eigenvalue weighted by atomic mass is 10.1. The number of aliphatic hydroxyl groups is 1. The van der Waals surface area contributed by atoms with Gasteiger partial charge in [0.15, 0.2) is 0 Å². The molecule has 0 aliphatic heterocycles. The van der Waals surface area contributed by atoms with Crippen LogP contribution in [0.15, 0.2) is 54.6 Å². The molecule has 146 valence electrons. The van der Waals surface area contributed by atoms with E-state index in [1.165, 1.54) is 5.56 Å². The van der Waals surface area contributed by atoms with E-state index in [0.29, 0.717) is 19.2 Å². The number of aliphatic hydroxyl groups excluding tert-OH is 1. The van der Waals surface area contributed by atoms with Crippen LogP contribution in [0.4, 0.5) is 0 Å². The lowest BCUT2D eigenvalue weighted by Gasteiger charge is -2.17. The van der Waals surface area contributed by atoms with E-state index >= 15 is 0 Å². The molecule has 2 rings (SSSR count). The summed E-state index contributed by atoms with van der Waals surface area (Å²) in [6, 6.07) is 18.3. The Morgan fingerprint density at radius 3 is 2.27 bits per heavy atom. The number of hydrogen-bond donors (Lipinski definition) is 3. The average Bonchev–Trinajstić information content (AvgIpc) is 2.62. The van der Waals surface area contributed by atoms with Gasteiger partial charge in [-0.25, -0.2) is 0 Å². The Kier molecular flexibility index (Phi) is 13.7. The van der Waals surface area contributed by atoms with Gasteiger partial charge >= 0.3 is 0 Å². The summed E-state index contributed by atoms with van der Waals surface area (Å²) in [6.45, 7) is 4.20. The van der Waals surface area contributed by atoms with Crippen LogP contribution >= 0.6 is 34.0 Å². The van der Waals surface area contributed by atoms with Crippen molar-refractivity contribution in [2.24, 2.45) is 0 Å². The van der Waals surface area contributed by atoms with Crippen molar-refractivity contribution in [1.29, 1.82) is 0 Å². The van der Waals surface area contributed by atoms with E-state index in [9.17, 15) is 5.11 Å². The van der Waals surface area contributed by atoms with Crippen LogP contribution < -0.4 is 15.4 Å². The highest BCUT2D eigenvalue weighted by molar-refractivity contribution is 8.93. The molecular formula is C20H30Br2N2O2. The lowest BCUT2D eigenvalue weighted by molar-refractivity contribution is 0.170. The quantitative estimate of drug-likeness (QED) is 0.445. The molecule has 6 heteroatoms. The standard InChI is InChI=1S/C20H28N2O2.2BrH/c1-16(22-15-20(23)18-6-4-3-5-7-18)14-17-8-10-19(11-9-17)24-13-12-21-2;;/h3-11,16,20-23H,12-15H2,1-2H3;2*1H. The van der Waals surface area contributed by atoms with Crippen molar-refractivity contribution in [2.75, 3.05) is 26.7 Å². The zero-order valence-electron chi connectivity index (χ0n) is 15.4. The van der Waals surface area contributed by atoms with E-state index in [0.717, 1.165) is 24.3 Å². The minimum Gasteiger partial charge on any atom is -0.492 e. The second-order valence-corrected chi connectivity index (χ2v) is 6.04.